The van der Waals surface area contributed by atoms with Crippen LogP contribution < -0.4 is 0 Å². The molecule has 90 valence electrons. The summed E-state index contributed by atoms with van der Waals surface area (Å²) in [5, 5.41) is 0. The van der Waals surface area contributed by atoms with Gasteiger partial charge in [0, 0.05) is 12.8 Å². The zero-order chi connectivity index (χ0) is 12.4. The summed E-state index contributed by atoms with van der Waals surface area (Å²) in [5.74, 6) is 1.86. The fourth-order valence-corrected chi connectivity index (χ4v) is 0.903. The molecular weight excluding hydrogens is 208 g/mol. The molecule has 0 fully saturated rings. The molecule has 0 saturated heterocycles. The first kappa shape index (κ1) is 14.5. The van der Waals surface area contributed by atoms with Gasteiger partial charge < -0.3 is 9.47 Å². The second-order valence-corrected chi connectivity index (χ2v) is 3.80. The van der Waals surface area contributed by atoms with Crippen LogP contribution in [0, 0.1) is 18.3 Å². The molecule has 0 atom stereocenters. The Hall–Kier alpha value is -1.50. The molecule has 0 aliphatic rings. The molecule has 0 spiro atoms. The van der Waals surface area contributed by atoms with E-state index >= 15 is 0 Å². The summed E-state index contributed by atoms with van der Waals surface area (Å²) < 4.78 is 9.59. The number of ether oxygens (including phenoxy) is 2. The Morgan fingerprint density at radius 1 is 1.19 bits per heavy atom. The van der Waals surface area contributed by atoms with Gasteiger partial charge in [0.15, 0.2) is 6.61 Å². The fourth-order valence-electron chi connectivity index (χ4n) is 0.903. The van der Waals surface area contributed by atoms with Crippen LogP contribution in [0.5, 0.6) is 0 Å². The summed E-state index contributed by atoms with van der Waals surface area (Å²) in [7, 11) is 0. The van der Waals surface area contributed by atoms with Gasteiger partial charge in [0.05, 0.1) is 6.61 Å². The van der Waals surface area contributed by atoms with Crippen LogP contribution in [0.2, 0.25) is 0 Å². The van der Waals surface area contributed by atoms with E-state index in [0.717, 1.165) is 0 Å². The predicted octanol–water partition coefficient (Wildman–Crippen LogP) is 1.53. The lowest BCUT2D eigenvalue weighted by Gasteiger charge is -2.06. The minimum Gasteiger partial charge on any atom is -0.465 e. The molecule has 0 saturated carbocycles. The average molecular weight is 226 g/mol. The number of carbonyl (C=O) groups excluding carboxylic acids is 2. The lowest BCUT2D eigenvalue weighted by molar-refractivity contribution is -0.145. The van der Waals surface area contributed by atoms with E-state index in [1.54, 1.807) is 0 Å². The maximum Gasteiger partial charge on any atom is 0.306 e. The lowest BCUT2D eigenvalue weighted by Crippen LogP contribution is -2.11. The van der Waals surface area contributed by atoms with Gasteiger partial charge in [0.2, 0.25) is 0 Å². The molecule has 0 N–H and O–H groups in total. The van der Waals surface area contributed by atoms with Crippen molar-refractivity contribution in [1.82, 2.24) is 0 Å². The summed E-state index contributed by atoms with van der Waals surface area (Å²) in [6, 6.07) is 0. The molecule has 4 heteroatoms. The summed E-state index contributed by atoms with van der Waals surface area (Å²) in [6.45, 7) is 4.33. The quantitative estimate of drug-likeness (QED) is 0.488. The number of hydrogen-bond donors (Lipinski definition) is 0. The average Bonchev–Trinajstić information content (AvgIpc) is 2.23. The number of carbonyl (C=O) groups is 2. The topological polar surface area (TPSA) is 52.6 Å². The standard InChI is InChI=1S/C12H18O4/c1-4-8-15-11(13)6-5-7-12(14)16-9-10(2)3/h1,10H,5-9H2,2-3H3. The van der Waals surface area contributed by atoms with Gasteiger partial charge in [0.1, 0.15) is 0 Å². The first-order valence-electron chi connectivity index (χ1n) is 5.31. The highest BCUT2D eigenvalue weighted by Crippen LogP contribution is 2.01. The van der Waals surface area contributed by atoms with Crippen molar-refractivity contribution in [1.29, 1.82) is 0 Å². The molecule has 16 heavy (non-hydrogen) atoms. The van der Waals surface area contributed by atoms with Crippen LogP contribution in [0.15, 0.2) is 0 Å². The van der Waals surface area contributed by atoms with Crippen molar-refractivity contribution < 1.29 is 19.1 Å². The van der Waals surface area contributed by atoms with Gasteiger partial charge in [-0.05, 0) is 12.3 Å². The summed E-state index contributed by atoms with van der Waals surface area (Å²) in [5.41, 5.74) is 0. The highest BCUT2D eigenvalue weighted by atomic mass is 16.5. The largest absolute Gasteiger partial charge is 0.465 e. The zero-order valence-electron chi connectivity index (χ0n) is 9.82. The summed E-state index contributed by atoms with van der Waals surface area (Å²) >= 11 is 0. The van der Waals surface area contributed by atoms with Crippen LogP contribution in [0.4, 0.5) is 0 Å². The Bertz CT molecular complexity index is 263. The molecule has 0 aromatic rings. The number of hydrogen-bond acceptors (Lipinski definition) is 4. The third-order valence-corrected chi connectivity index (χ3v) is 1.66. The molecular formula is C12H18O4. The molecule has 0 aromatic heterocycles. The first-order valence-corrected chi connectivity index (χ1v) is 5.31. The van der Waals surface area contributed by atoms with Gasteiger partial charge in [-0.25, -0.2) is 0 Å². The van der Waals surface area contributed by atoms with Crippen LogP contribution in [0.3, 0.4) is 0 Å². The third kappa shape index (κ3) is 9.07. The maximum atomic E-state index is 11.1. The molecule has 4 nitrogen and oxygen atoms in total. The van der Waals surface area contributed by atoms with Crippen molar-refractivity contribution in [2.75, 3.05) is 13.2 Å². The third-order valence-electron chi connectivity index (χ3n) is 1.66. The first-order chi connectivity index (χ1) is 7.56. The minimum absolute atomic E-state index is 0.0172. The molecule has 0 unspecified atom stereocenters. The molecule has 0 bridgehead atoms. The van der Waals surface area contributed by atoms with E-state index in [0.29, 0.717) is 18.9 Å². The van der Waals surface area contributed by atoms with Crippen molar-refractivity contribution in [2.24, 2.45) is 5.92 Å². The van der Waals surface area contributed by atoms with Crippen molar-refractivity contribution in [3.63, 3.8) is 0 Å². The van der Waals surface area contributed by atoms with Gasteiger partial charge in [-0.2, -0.15) is 0 Å². The lowest BCUT2D eigenvalue weighted by atomic mass is 10.2. The minimum atomic E-state index is -0.380. The van der Waals surface area contributed by atoms with Crippen molar-refractivity contribution >= 4 is 11.9 Å². The molecule has 0 amide bonds. The Morgan fingerprint density at radius 2 is 1.75 bits per heavy atom. The predicted molar refractivity (Wildman–Crippen MR) is 59.4 cm³/mol. The molecule has 0 aliphatic heterocycles. The van der Waals surface area contributed by atoms with E-state index in [9.17, 15) is 9.59 Å². The summed E-state index contributed by atoms with van der Waals surface area (Å²) in [4.78, 5) is 22.1. The highest BCUT2D eigenvalue weighted by Gasteiger charge is 2.07. The second kappa shape index (κ2) is 8.78. The number of esters is 2. The second-order valence-electron chi connectivity index (χ2n) is 3.80. The molecule has 0 radical (unpaired) electrons. The fraction of sp³-hybridized carbons (Fsp3) is 0.667. The van der Waals surface area contributed by atoms with Crippen LogP contribution in [-0.2, 0) is 19.1 Å². The van der Waals surface area contributed by atoms with Crippen molar-refractivity contribution in [3.8, 4) is 12.3 Å². The van der Waals surface area contributed by atoms with Crippen LogP contribution in [0.25, 0.3) is 0 Å². The van der Waals surface area contributed by atoms with Gasteiger partial charge in [0.25, 0.3) is 0 Å². The Kier molecular flexibility index (Phi) is 7.96. The van der Waals surface area contributed by atoms with Crippen molar-refractivity contribution in [2.45, 2.75) is 33.1 Å². The Morgan fingerprint density at radius 3 is 2.25 bits per heavy atom. The molecule has 0 aromatic carbocycles. The molecule has 0 aliphatic carbocycles. The van der Waals surface area contributed by atoms with E-state index in [4.69, 9.17) is 11.2 Å². The SMILES string of the molecule is C#CCOC(=O)CCCC(=O)OCC(C)C. The van der Waals surface area contributed by atoms with E-state index in [2.05, 4.69) is 10.7 Å². The maximum absolute atomic E-state index is 11.1. The van der Waals surface area contributed by atoms with E-state index in [1.165, 1.54) is 0 Å². The van der Waals surface area contributed by atoms with E-state index < -0.39 is 0 Å². The van der Waals surface area contributed by atoms with Crippen LogP contribution in [-0.4, -0.2) is 25.2 Å². The number of terminal acetylenes is 1. The van der Waals surface area contributed by atoms with E-state index in [1.807, 2.05) is 13.8 Å². The van der Waals surface area contributed by atoms with E-state index in [-0.39, 0.29) is 31.4 Å². The van der Waals surface area contributed by atoms with Crippen LogP contribution >= 0.6 is 0 Å². The highest BCUT2D eigenvalue weighted by molar-refractivity contribution is 5.72. The Balaban J connectivity index is 3.47. The molecule has 0 heterocycles. The van der Waals surface area contributed by atoms with Gasteiger partial charge in [-0.15, -0.1) is 6.42 Å². The Labute approximate surface area is 96.3 Å². The normalized spacial score (nSPS) is 9.62. The van der Waals surface area contributed by atoms with Crippen LogP contribution in [0.1, 0.15) is 33.1 Å². The van der Waals surface area contributed by atoms with Gasteiger partial charge in [-0.3, -0.25) is 9.59 Å². The zero-order valence-corrected chi connectivity index (χ0v) is 9.82. The summed E-state index contributed by atoms with van der Waals surface area (Å²) in [6.07, 6.45) is 5.78. The van der Waals surface area contributed by atoms with Gasteiger partial charge >= 0.3 is 11.9 Å². The van der Waals surface area contributed by atoms with Gasteiger partial charge in [-0.1, -0.05) is 19.8 Å². The van der Waals surface area contributed by atoms with Crippen molar-refractivity contribution in [3.05, 3.63) is 0 Å². The number of rotatable bonds is 7. The smallest absolute Gasteiger partial charge is 0.306 e. The monoisotopic (exact) mass is 226 g/mol. The molecule has 0 rings (SSSR count).